The van der Waals surface area contributed by atoms with Gasteiger partial charge in [-0.1, -0.05) is 25.0 Å². The monoisotopic (exact) mass is 311 g/mol. The summed E-state index contributed by atoms with van der Waals surface area (Å²) in [5, 5.41) is 3.12. The number of carbonyl (C=O) groups is 1. The Balaban J connectivity index is 2.22. The molecule has 3 N–H and O–H groups in total. The predicted molar refractivity (Wildman–Crippen MR) is 92.7 cm³/mol. The van der Waals surface area contributed by atoms with Crippen LogP contribution in [0.3, 0.4) is 0 Å². The fourth-order valence-corrected chi connectivity index (χ4v) is 3.33. The smallest absolute Gasteiger partial charge is 0.257 e. The number of carbonyl (C=O) groups excluding carboxylic acids is 1. The van der Waals surface area contributed by atoms with Crippen LogP contribution in [0, 0.1) is 0 Å². The fraction of sp³-hybridized carbons (Fsp3) is 0.333. The van der Waals surface area contributed by atoms with Crippen molar-refractivity contribution in [1.82, 2.24) is 9.88 Å². The van der Waals surface area contributed by atoms with Gasteiger partial charge in [0, 0.05) is 24.5 Å². The molecule has 0 atom stereocenters. The maximum atomic E-state index is 12.7. The van der Waals surface area contributed by atoms with Gasteiger partial charge in [-0.3, -0.25) is 9.59 Å². The Morgan fingerprint density at radius 3 is 2.83 bits per heavy atom. The molecule has 1 aliphatic rings. The molecular formula is C18H21N3O2. The van der Waals surface area contributed by atoms with E-state index in [1.807, 2.05) is 12.1 Å². The molecule has 23 heavy (non-hydrogen) atoms. The van der Waals surface area contributed by atoms with Gasteiger partial charge in [-0.2, -0.15) is 0 Å². The lowest BCUT2D eigenvalue weighted by Crippen LogP contribution is -2.30. The van der Waals surface area contributed by atoms with Crippen molar-refractivity contribution in [3.63, 3.8) is 0 Å². The Bertz CT molecular complexity index is 817. The number of benzene rings is 1. The third-order valence-corrected chi connectivity index (χ3v) is 4.46. The number of nitrogens with one attached hydrogen (secondary N) is 1. The number of nitrogens with zero attached hydrogens (tertiary/aromatic N) is 1. The molecule has 1 fully saturated rings. The van der Waals surface area contributed by atoms with E-state index in [0.29, 0.717) is 23.7 Å². The lowest BCUT2D eigenvalue weighted by molar-refractivity contribution is 0.0956. The first-order valence-electron chi connectivity index (χ1n) is 7.96. The molecule has 0 saturated heterocycles. The summed E-state index contributed by atoms with van der Waals surface area (Å²) in [6.45, 7) is 3.90. The van der Waals surface area contributed by atoms with Crippen molar-refractivity contribution in [2.75, 3.05) is 12.3 Å². The van der Waals surface area contributed by atoms with Gasteiger partial charge in [0.15, 0.2) is 0 Å². The van der Waals surface area contributed by atoms with Crippen molar-refractivity contribution in [2.24, 2.45) is 0 Å². The van der Waals surface area contributed by atoms with Crippen LogP contribution in [0.25, 0.3) is 10.9 Å². The van der Waals surface area contributed by atoms with E-state index in [-0.39, 0.29) is 16.9 Å². The van der Waals surface area contributed by atoms with Crippen molar-refractivity contribution in [3.8, 4) is 0 Å². The van der Waals surface area contributed by atoms with Gasteiger partial charge in [0.1, 0.15) is 5.56 Å². The summed E-state index contributed by atoms with van der Waals surface area (Å²) in [4.78, 5) is 25.1. The Hall–Kier alpha value is -2.56. The molecule has 1 aromatic heterocycles. The molecule has 0 radical (unpaired) electrons. The highest BCUT2D eigenvalue weighted by Crippen LogP contribution is 2.32. The number of fused-ring (bicyclic) bond motifs is 1. The average Bonchev–Trinajstić information content (AvgIpc) is 3.07. The molecule has 0 unspecified atom stereocenters. The first-order valence-corrected chi connectivity index (χ1v) is 7.96. The molecule has 5 heteroatoms. The zero-order chi connectivity index (χ0) is 16.4. The van der Waals surface area contributed by atoms with Crippen LogP contribution in [-0.4, -0.2) is 17.0 Å². The molecule has 2 aromatic rings. The third-order valence-electron chi connectivity index (χ3n) is 4.46. The van der Waals surface area contributed by atoms with Gasteiger partial charge in [-0.15, -0.1) is 6.58 Å². The van der Waals surface area contributed by atoms with Gasteiger partial charge < -0.3 is 15.6 Å². The van der Waals surface area contributed by atoms with Gasteiger partial charge in [-0.05, 0) is 25.0 Å². The molecule has 1 amide bonds. The van der Waals surface area contributed by atoms with Gasteiger partial charge in [0.2, 0.25) is 5.43 Å². The summed E-state index contributed by atoms with van der Waals surface area (Å²) >= 11 is 0. The molecule has 1 aliphatic carbocycles. The molecule has 0 spiro atoms. The number of nitrogens with two attached hydrogens (primary N) is 1. The summed E-state index contributed by atoms with van der Waals surface area (Å²) in [5.41, 5.74) is 7.09. The largest absolute Gasteiger partial charge is 0.398 e. The van der Waals surface area contributed by atoms with Crippen molar-refractivity contribution in [1.29, 1.82) is 0 Å². The second kappa shape index (κ2) is 6.28. The molecular weight excluding hydrogens is 290 g/mol. The maximum Gasteiger partial charge on any atom is 0.257 e. The van der Waals surface area contributed by atoms with E-state index in [1.165, 1.54) is 12.8 Å². The van der Waals surface area contributed by atoms with Crippen molar-refractivity contribution >= 4 is 22.5 Å². The topological polar surface area (TPSA) is 77.1 Å². The summed E-state index contributed by atoms with van der Waals surface area (Å²) in [7, 11) is 0. The van der Waals surface area contributed by atoms with Crippen molar-refractivity contribution < 1.29 is 4.79 Å². The lowest BCUT2D eigenvalue weighted by atomic mass is 10.1. The highest BCUT2D eigenvalue weighted by molar-refractivity contribution is 6.00. The Morgan fingerprint density at radius 1 is 1.39 bits per heavy atom. The highest BCUT2D eigenvalue weighted by Gasteiger charge is 2.22. The Morgan fingerprint density at radius 2 is 2.13 bits per heavy atom. The van der Waals surface area contributed by atoms with E-state index in [2.05, 4.69) is 16.5 Å². The number of hydrogen-bond acceptors (Lipinski definition) is 3. The third kappa shape index (κ3) is 2.74. The zero-order valence-electron chi connectivity index (χ0n) is 13.0. The molecule has 120 valence electrons. The highest BCUT2D eigenvalue weighted by atomic mass is 16.2. The number of pyridine rings is 1. The summed E-state index contributed by atoms with van der Waals surface area (Å²) < 4.78 is 2.06. The molecule has 3 rings (SSSR count). The lowest BCUT2D eigenvalue weighted by Gasteiger charge is -2.19. The average molecular weight is 311 g/mol. The first kappa shape index (κ1) is 15.3. The molecule has 0 aliphatic heterocycles. The van der Waals surface area contributed by atoms with Crippen molar-refractivity contribution in [2.45, 2.75) is 31.7 Å². The number of nitrogen functional groups attached to an aromatic ring is 1. The molecule has 1 heterocycles. The minimum Gasteiger partial charge on any atom is -0.398 e. The molecule has 0 bridgehead atoms. The molecule has 5 nitrogen and oxygen atoms in total. The fourth-order valence-electron chi connectivity index (χ4n) is 3.33. The van der Waals surface area contributed by atoms with Crippen LogP contribution >= 0.6 is 0 Å². The predicted octanol–water partition coefficient (Wildman–Crippen LogP) is 2.61. The van der Waals surface area contributed by atoms with E-state index in [0.717, 1.165) is 18.4 Å². The minimum atomic E-state index is -0.383. The second-order valence-electron chi connectivity index (χ2n) is 5.96. The van der Waals surface area contributed by atoms with Gasteiger partial charge in [0.25, 0.3) is 5.91 Å². The zero-order valence-corrected chi connectivity index (χ0v) is 13.0. The summed E-state index contributed by atoms with van der Waals surface area (Å²) in [6, 6.07) is 5.76. The van der Waals surface area contributed by atoms with Crippen LogP contribution in [0.4, 0.5) is 5.69 Å². The van der Waals surface area contributed by atoms with E-state index < -0.39 is 0 Å². The van der Waals surface area contributed by atoms with Crippen LogP contribution in [0.2, 0.25) is 0 Å². The van der Waals surface area contributed by atoms with E-state index >= 15 is 0 Å². The molecule has 1 aromatic carbocycles. The normalized spacial score (nSPS) is 15.0. The van der Waals surface area contributed by atoms with Gasteiger partial charge in [-0.25, -0.2) is 0 Å². The van der Waals surface area contributed by atoms with Gasteiger partial charge in [0.05, 0.1) is 10.9 Å². The van der Waals surface area contributed by atoms with Crippen LogP contribution in [-0.2, 0) is 0 Å². The van der Waals surface area contributed by atoms with Crippen molar-refractivity contribution in [3.05, 3.63) is 52.8 Å². The van der Waals surface area contributed by atoms with E-state index in [1.54, 1.807) is 18.3 Å². The quantitative estimate of drug-likeness (QED) is 0.673. The van der Waals surface area contributed by atoms with Crippen LogP contribution in [0.5, 0.6) is 0 Å². The number of amides is 1. The van der Waals surface area contributed by atoms with Crippen LogP contribution in [0.1, 0.15) is 42.1 Å². The summed E-state index contributed by atoms with van der Waals surface area (Å²) in [6.07, 6.45) is 7.72. The standard InChI is InChI=1S/C18H21N3O2/c1-2-10-20-18(23)13-11-21(12-6-3-4-7-12)15-9-5-8-14(19)16(15)17(13)22/h2,5,8-9,11-12H,1,3-4,6-7,10,19H2,(H,20,23). The van der Waals surface area contributed by atoms with E-state index in [9.17, 15) is 9.59 Å². The number of hydrogen-bond donors (Lipinski definition) is 2. The number of aromatic nitrogens is 1. The Labute approximate surface area is 134 Å². The number of rotatable bonds is 4. The summed E-state index contributed by atoms with van der Waals surface area (Å²) in [5.74, 6) is -0.383. The second-order valence-corrected chi connectivity index (χ2v) is 5.96. The molecule has 1 saturated carbocycles. The maximum absolute atomic E-state index is 12.7. The number of anilines is 1. The van der Waals surface area contributed by atoms with E-state index in [4.69, 9.17) is 5.73 Å². The minimum absolute atomic E-state index is 0.143. The van der Waals surface area contributed by atoms with Crippen LogP contribution in [0.15, 0.2) is 41.8 Å². The Kier molecular flexibility index (Phi) is 4.19. The SMILES string of the molecule is C=CCNC(=O)c1cn(C2CCCC2)c2cccc(N)c2c1=O. The van der Waals surface area contributed by atoms with Gasteiger partial charge >= 0.3 is 0 Å². The van der Waals surface area contributed by atoms with Crippen LogP contribution < -0.4 is 16.5 Å². The first-order chi connectivity index (χ1) is 11.1.